The lowest BCUT2D eigenvalue weighted by Gasteiger charge is -2.12. The Kier molecular flexibility index (Phi) is 12.1. The maximum atomic E-state index is 13.0. The summed E-state index contributed by atoms with van der Waals surface area (Å²) in [6.07, 6.45) is -1.94. The van der Waals surface area contributed by atoms with E-state index in [1.54, 1.807) is 57.0 Å². The summed E-state index contributed by atoms with van der Waals surface area (Å²) in [7, 11) is 0. The normalized spacial score (nSPS) is 11.4. The molecule has 0 aliphatic carbocycles. The molecule has 6 heterocycles. The minimum atomic E-state index is -4.43. The van der Waals surface area contributed by atoms with Crippen LogP contribution in [0.3, 0.4) is 0 Å². The molecule has 0 aliphatic heterocycles. The van der Waals surface area contributed by atoms with Gasteiger partial charge in [0, 0.05) is 59.7 Å². The number of alkyl halides is 6. The van der Waals surface area contributed by atoms with Crippen molar-refractivity contribution in [3.05, 3.63) is 149 Å². The van der Waals surface area contributed by atoms with Crippen molar-refractivity contribution in [3.8, 4) is 23.5 Å². The average molecular weight is 835 g/mol. The van der Waals surface area contributed by atoms with E-state index in [1.807, 2.05) is 45.9 Å². The van der Waals surface area contributed by atoms with Gasteiger partial charge in [-0.1, -0.05) is 23.7 Å². The van der Waals surface area contributed by atoms with E-state index in [4.69, 9.17) is 17.3 Å². The van der Waals surface area contributed by atoms with Crippen molar-refractivity contribution >= 4 is 28.8 Å². The Morgan fingerprint density at radius 1 is 0.593 bits per heavy atom. The number of nitrogens with two attached hydrogens (primary N) is 1. The zero-order chi connectivity index (χ0) is 42.5. The van der Waals surface area contributed by atoms with Crippen molar-refractivity contribution in [3.63, 3.8) is 0 Å². The third kappa shape index (κ3) is 10.7. The largest absolute Gasteiger partial charge is 0.416 e. The molecule has 0 aliphatic rings. The molecule has 304 valence electrons. The van der Waals surface area contributed by atoms with Gasteiger partial charge in [0.05, 0.1) is 22.5 Å². The van der Waals surface area contributed by atoms with Crippen molar-refractivity contribution in [1.29, 1.82) is 0 Å². The van der Waals surface area contributed by atoms with Gasteiger partial charge in [0.15, 0.2) is 11.6 Å². The third-order valence-electron chi connectivity index (χ3n) is 7.92. The van der Waals surface area contributed by atoms with Crippen LogP contribution in [0.2, 0.25) is 5.15 Å². The number of anilines is 3. The second-order valence-electron chi connectivity index (χ2n) is 12.7. The molecule has 6 aromatic heterocycles. The fraction of sp³-hybridized carbons (Fsp3) is 0.158. The number of hydrogen-bond donors (Lipinski definition) is 2. The van der Waals surface area contributed by atoms with Crippen LogP contribution in [0, 0.1) is 27.7 Å². The number of aromatic nitrogens is 12. The van der Waals surface area contributed by atoms with Gasteiger partial charge in [0.2, 0.25) is 0 Å². The SMILES string of the molecule is Cc1cc(C)n(-c2nc(Cl)cc(-n3cccn3)n2)n1.Cc1cc(C)n(-c2nc(Nc3cccc(C(F)(F)F)c3)cc(-n3cccn3)n2)n1.Nc1cccc(C(F)(F)F)c1. The molecular formula is C38H33ClF6N14. The number of halogens is 7. The van der Waals surface area contributed by atoms with E-state index >= 15 is 0 Å². The fourth-order valence-corrected chi connectivity index (χ4v) is 5.59. The standard InChI is InChI=1S/C19H16F3N7.C12H11ClN6.C7H6F3N/c1-12-9-13(2)29(27-12)18-25-16(11-17(26-18)28-8-4-7-23-28)24-15-6-3-5-14(10-15)19(20,21)22;1-8-6-9(2)19(17-8)12-15-10(13)7-11(16-12)18-5-3-4-14-18;8-7(9,10)5-2-1-3-6(11)4-5/h3-11H,1-2H3,(H,24,25,26);3-7H,1-2H3;1-4H,11H2. The molecule has 8 aromatic rings. The van der Waals surface area contributed by atoms with E-state index in [0.717, 1.165) is 47.0 Å². The van der Waals surface area contributed by atoms with Crippen LogP contribution in [-0.4, -0.2) is 59.1 Å². The summed E-state index contributed by atoms with van der Waals surface area (Å²) in [6.45, 7) is 7.58. The number of nitrogens with zero attached hydrogens (tertiary/aromatic N) is 12. The topological polar surface area (TPSA) is 161 Å². The molecule has 2 aromatic carbocycles. The highest BCUT2D eigenvalue weighted by Crippen LogP contribution is 2.32. The molecule has 21 heteroatoms. The Bertz CT molecular complexity index is 2650. The Morgan fingerprint density at radius 3 is 1.56 bits per heavy atom. The molecule has 8 rings (SSSR count). The fourth-order valence-electron chi connectivity index (χ4n) is 5.41. The first-order valence-corrected chi connectivity index (χ1v) is 17.7. The minimum absolute atomic E-state index is 0.125. The lowest BCUT2D eigenvalue weighted by atomic mass is 10.2. The summed E-state index contributed by atoms with van der Waals surface area (Å²) in [5, 5.41) is 20.3. The molecule has 0 saturated heterocycles. The number of benzene rings is 2. The predicted octanol–water partition coefficient (Wildman–Crippen LogP) is 8.63. The first-order chi connectivity index (χ1) is 27.9. The van der Waals surface area contributed by atoms with Gasteiger partial charge in [0.25, 0.3) is 11.9 Å². The lowest BCUT2D eigenvalue weighted by Crippen LogP contribution is -2.11. The van der Waals surface area contributed by atoms with Crippen LogP contribution in [0.4, 0.5) is 43.5 Å². The first kappa shape index (κ1) is 41.5. The van der Waals surface area contributed by atoms with Gasteiger partial charge in [-0.15, -0.1) is 0 Å². The third-order valence-corrected chi connectivity index (χ3v) is 8.12. The molecular weight excluding hydrogens is 802 g/mol. The van der Waals surface area contributed by atoms with Gasteiger partial charge in [0.1, 0.15) is 11.0 Å². The maximum Gasteiger partial charge on any atom is 0.416 e. The number of nitrogens with one attached hydrogen (secondary N) is 1. The van der Waals surface area contributed by atoms with Crippen LogP contribution in [0.5, 0.6) is 0 Å². The maximum absolute atomic E-state index is 13.0. The van der Waals surface area contributed by atoms with Gasteiger partial charge in [-0.25, -0.2) is 18.7 Å². The summed E-state index contributed by atoms with van der Waals surface area (Å²) in [5.74, 6) is 2.07. The second kappa shape index (κ2) is 17.2. The molecule has 0 radical (unpaired) electrons. The van der Waals surface area contributed by atoms with E-state index in [-0.39, 0.29) is 17.3 Å². The van der Waals surface area contributed by atoms with Gasteiger partial charge >= 0.3 is 12.4 Å². The van der Waals surface area contributed by atoms with E-state index in [1.165, 1.54) is 28.9 Å². The zero-order valence-corrected chi connectivity index (χ0v) is 32.2. The highest BCUT2D eigenvalue weighted by atomic mass is 35.5. The van der Waals surface area contributed by atoms with Crippen molar-refractivity contribution in [2.75, 3.05) is 11.1 Å². The first-order valence-electron chi connectivity index (χ1n) is 17.3. The summed E-state index contributed by atoms with van der Waals surface area (Å²) in [4.78, 5) is 17.5. The quantitative estimate of drug-likeness (QED) is 0.0943. The van der Waals surface area contributed by atoms with Crippen LogP contribution < -0.4 is 11.1 Å². The molecule has 0 atom stereocenters. The number of nitrogen functional groups attached to an aromatic ring is 1. The monoisotopic (exact) mass is 834 g/mol. The van der Waals surface area contributed by atoms with Crippen molar-refractivity contribution in [1.82, 2.24) is 59.1 Å². The van der Waals surface area contributed by atoms with Gasteiger partial charge < -0.3 is 11.1 Å². The molecule has 0 saturated carbocycles. The number of aryl methyl sites for hydroxylation is 4. The molecule has 0 bridgehead atoms. The van der Waals surface area contributed by atoms with E-state index in [0.29, 0.717) is 28.6 Å². The number of hydrogen-bond acceptors (Lipinski definition) is 10. The summed E-state index contributed by atoms with van der Waals surface area (Å²) in [5.41, 5.74) is 7.55. The molecule has 0 spiro atoms. The van der Waals surface area contributed by atoms with E-state index in [9.17, 15) is 26.3 Å². The van der Waals surface area contributed by atoms with Crippen molar-refractivity contribution < 1.29 is 26.3 Å². The highest BCUT2D eigenvalue weighted by Gasteiger charge is 2.31. The Labute approximate surface area is 337 Å². The zero-order valence-electron chi connectivity index (χ0n) is 31.5. The number of rotatable bonds is 6. The van der Waals surface area contributed by atoms with Crippen LogP contribution in [-0.2, 0) is 12.4 Å². The van der Waals surface area contributed by atoms with E-state index in [2.05, 4.69) is 45.6 Å². The van der Waals surface area contributed by atoms with Crippen LogP contribution >= 0.6 is 11.6 Å². The van der Waals surface area contributed by atoms with Gasteiger partial charge in [-0.3, -0.25) is 0 Å². The smallest absolute Gasteiger partial charge is 0.399 e. The summed E-state index contributed by atoms with van der Waals surface area (Å²) in [6, 6.07) is 20.1. The second-order valence-corrected chi connectivity index (χ2v) is 13.1. The van der Waals surface area contributed by atoms with Crippen LogP contribution in [0.15, 0.2) is 110 Å². The molecule has 0 amide bonds. The van der Waals surface area contributed by atoms with Gasteiger partial charge in [-0.2, -0.15) is 66.7 Å². The molecule has 0 unspecified atom stereocenters. The van der Waals surface area contributed by atoms with Crippen LogP contribution in [0.1, 0.15) is 33.9 Å². The van der Waals surface area contributed by atoms with Gasteiger partial charge in [-0.05, 0) is 88.4 Å². The molecule has 0 fully saturated rings. The Hall–Kier alpha value is -7.09. The predicted molar refractivity (Wildman–Crippen MR) is 207 cm³/mol. The van der Waals surface area contributed by atoms with Crippen molar-refractivity contribution in [2.45, 2.75) is 40.0 Å². The van der Waals surface area contributed by atoms with Crippen molar-refractivity contribution in [2.24, 2.45) is 0 Å². The molecule has 3 N–H and O–H groups in total. The lowest BCUT2D eigenvalue weighted by molar-refractivity contribution is -0.138. The summed E-state index contributed by atoms with van der Waals surface area (Å²) >= 11 is 6.04. The van der Waals surface area contributed by atoms with Crippen LogP contribution in [0.25, 0.3) is 23.5 Å². The molecule has 14 nitrogen and oxygen atoms in total. The minimum Gasteiger partial charge on any atom is -0.399 e. The highest BCUT2D eigenvalue weighted by molar-refractivity contribution is 6.29. The summed E-state index contributed by atoms with van der Waals surface area (Å²) < 4.78 is 81.2. The molecule has 59 heavy (non-hydrogen) atoms. The Morgan fingerprint density at radius 2 is 1.10 bits per heavy atom. The Balaban J connectivity index is 0.000000166. The average Bonchev–Trinajstić information content (AvgIpc) is 4.00. The van der Waals surface area contributed by atoms with E-state index < -0.39 is 23.5 Å².